The fraction of sp³-hybridized carbons (Fsp3) is 0.192. The summed E-state index contributed by atoms with van der Waals surface area (Å²) in [4.78, 5) is 25.7. The molecule has 174 valence electrons. The lowest BCUT2D eigenvalue weighted by Gasteiger charge is -2.10. The van der Waals surface area contributed by atoms with Gasteiger partial charge in [-0.05, 0) is 43.2 Å². The van der Waals surface area contributed by atoms with Crippen molar-refractivity contribution in [3.8, 4) is 28.7 Å². The summed E-state index contributed by atoms with van der Waals surface area (Å²) < 4.78 is 16.1. The number of ether oxygens (including phenoxy) is 3. The van der Waals surface area contributed by atoms with E-state index in [4.69, 9.17) is 14.2 Å². The van der Waals surface area contributed by atoms with Crippen LogP contribution >= 0.6 is 11.3 Å². The Morgan fingerprint density at radius 3 is 2.50 bits per heavy atom. The maximum Gasteiger partial charge on any atom is 0.341 e. The van der Waals surface area contributed by atoms with Crippen molar-refractivity contribution >= 4 is 34.3 Å². The van der Waals surface area contributed by atoms with Crippen molar-refractivity contribution in [1.82, 2.24) is 0 Å². The molecule has 0 aliphatic heterocycles. The smallest absolute Gasteiger partial charge is 0.341 e. The topological polar surface area (TPSA) is 97.7 Å². The van der Waals surface area contributed by atoms with E-state index in [1.54, 1.807) is 30.5 Å². The summed E-state index contributed by atoms with van der Waals surface area (Å²) >= 11 is 1.20. The normalized spacial score (nSPS) is 10.8. The van der Waals surface area contributed by atoms with Crippen LogP contribution in [0.25, 0.3) is 17.2 Å². The third-order valence-electron chi connectivity index (χ3n) is 4.75. The molecule has 1 aromatic heterocycles. The minimum absolute atomic E-state index is 0.129. The molecule has 0 bridgehead atoms. The Kier molecular flexibility index (Phi) is 8.43. The standard InChI is InChI=1S/C26H24N2O5S/c1-4-32-21-12-11-17(14-22(21)31-3)13-19(15-27)24(29)28-25-23(26(30)33-5-2)20(16-34-25)18-9-7-6-8-10-18/h6-14,16H,4-5H2,1-3H3,(H,28,29)/b19-13-. The van der Waals surface area contributed by atoms with E-state index in [0.717, 1.165) is 5.56 Å². The second-order valence-corrected chi connectivity index (χ2v) is 7.79. The van der Waals surface area contributed by atoms with Crippen molar-refractivity contribution in [2.45, 2.75) is 13.8 Å². The van der Waals surface area contributed by atoms with Crippen LogP contribution in [0.4, 0.5) is 5.00 Å². The largest absolute Gasteiger partial charge is 0.493 e. The molecule has 2 aromatic carbocycles. The predicted molar refractivity (Wildman–Crippen MR) is 132 cm³/mol. The number of rotatable bonds is 9. The fourth-order valence-electron chi connectivity index (χ4n) is 3.22. The van der Waals surface area contributed by atoms with E-state index in [9.17, 15) is 14.9 Å². The number of thiophene rings is 1. The third kappa shape index (κ3) is 5.63. The van der Waals surface area contributed by atoms with Crippen LogP contribution in [0.15, 0.2) is 59.5 Å². The van der Waals surface area contributed by atoms with Crippen LogP contribution in [-0.2, 0) is 9.53 Å². The highest BCUT2D eigenvalue weighted by molar-refractivity contribution is 7.15. The number of esters is 1. The van der Waals surface area contributed by atoms with Crippen LogP contribution in [0.2, 0.25) is 0 Å². The van der Waals surface area contributed by atoms with Gasteiger partial charge in [-0.15, -0.1) is 11.3 Å². The number of hydrogen-bond donors (Lipinski definition) is 1. The van der Waals surface area contributed by atoms with Gasteiger partial charge in [-0.3, -0.25) is 4.79 Å². The zero-order chi connectivity index (χ0) is 24.5. The number of nitrogens with zero attached hydrogens (tertiary/aromatic N) is 1. The van der Waals surface area contributed by atoms with E-state index in [1.165, 1.54) is 24.5 Å². The van der Waals surface area contributed by atoms with Crippen LogP contribution in [0, 0.1) is 11.3 Å². The van der Waals surface area contributed by atoms with Crippen LogP contribution in [0.5, 0.6) is 11.5 Å². The molecule has 0 saturated heterocycles. The maximum absolute atomic E-state index is 12.9. The first-order valence-corrected chi connectivity index (χ1v) is 11.5. The molecular formula is C26H24N2O5S. The highest BCUT2D eigenvalue weighted by Crippen LogP contribution is 2.36. The molecule has 0 atom stereocenters. The minimum atomic E-state index is -0.637. The molecule has 1 heterocycles. The van der Waals surface area contributed by atoms with Gasteiger partial charge in [0.1, 0.15) is 22.2 Å². The summed E-state index contributed by atoms with van der Waals surface area (Å²) in [7, 11) is 1.52. The first-order valence-electron chi connectivity index (χ1n) is 10.6. The molecule has 1 amide bonds. The third-order valence-corrected chi connectivity index (χ3v) is 5.64. The molecule has 0 fully saturated rings. The molecule has 1 N–H and O–H groups in total. The number of anilines is 1. The molecule has 0 aliphatic rings. The van der Waals surface area contributed by atoms with Gasteiger partial charge in [0, 0.05) is 10.9 Å². The number of methoxy groups -OCH3 is 1. The Morgan fingerprint density at radius 2 is 1.85 bits per heavy atom. The molecule has 34 heavy (non-hydrogen) atoms. The average Bonchev–Trinajstić information content (AvgIpc) is 3.27. The van der Waals surface area contributed by atoms with Gasteiger partial charge in [0.15, 0.2) is 11.5 Å². The van der Waals surface area contributed by atoms with Crippen molar-refractivity contribution < 1.29 is 23.8 Å². The summed E-state index contributed by atoms with van der Waals surface area (Å²) in [5.41, 5.74) is 2.19. The van der Waals surface area contributed by atoms with Crippen molar-refractivity contribution in [2.75, 3.05) is 25.6 Å². The minimum Gasteiger partial charge on any atom is -0.493 e. The van der Waals surface area contributed by atoms with E-state index in [1.807, 2.05) is 43.3 Å². The number of nitrogens with one attached hydrogen (secondary N) is 1. The molecule has 0 saturated carbocycles. The lowest BCUT2D eigenvalue weighted by Crippen LogP contribution is -2.16. The first-order chi connectivity index (χ1) is 16.5. The van der Waals surface area contributed by atoms with Crippen LogP contribution < -0.4 is 14.8 Å². The van der Waals surface area contributed by atoms with Gasteiger partial charge in [-0.1, -0.05) is 36.4 Å². The number of carbonyl (C=O) groups is 2. The van der Waals surface area contributed by atoms with Gasteiger partial charge in [0.25, 0.3) is 5.91 Å². The Bertz CT molecular complexity index is 1240. The lowest BCUT2D eigenvalue weighted by atomic mass is 10.0. The van der Waals surface area contributed by atoms with Crippen molar-refractivity contribution in [3.05, 3.63) is 70.6 Å². The van der Waals surface area contributed by atoms with Crippen LogP contribution in [0.1, 0.15) is 29.8 Å². The second-order valence-electron chi connectivity index (χ2n) is 6.91. The van der Waals surface area contributed by atoms with Gasteiger partial charge < -0.3 is 19.5 Å². The Labute approximate surface area is 202 Å². The lowest BCUT2D eigenvalue weighted by molar-refractivity contribution is -0.112. The average molecular weight is 477 g/mol. The summed E-state index contributed by atoms with van der Waals surface area (Å²) in [6, 6.07) is 16.4. The Morgan fingerprint density at radius 1 is 1.09 bits per heavy atom. The number of nitriles is 1. The fourth-order valence-corrected chi connectivity index (χ4v) is 4.17. The molecule has 0 radical (unpaired) electrons. The zero-order valence-corrected chi connectivity index (χ0v) is 19.9. The van der Waals surface area contributed by atoms with E-state index >= 15 is 0 Å². The quantitative estimate of drug-likeness (QED) is 0.247. The zero-order valence-electron chi connectivity index (χ0n) is 19.1. The van der Waals surface area contributed by atoms with Gasteiger partial charge in [-0.25, -0.2) is 4.79 Å². The van der Waals surface area contributed by atoms with E-state index in [2.05, 4.69) is 5.32 Å². The van der Waals surface area contributed by atoms with E-state index in [-0.39, 0.29) is 17.7 Å². The maximum atomic E-state index is 12.9. The van der Waals surface area contributed by atoms with E-state index < -0.39 is 11.9 Å². The summed E-state index contributed by atoms with van der Waals surface area (Å²) in [5, 5.41) is 14.4. The highest BCUT2D eigenvalue weighted by Gasteiger charge is 2.23. The van der Waals surface area contributed by atoms with E-state index in [0.29, 0.717) is 34.2 Å². The second kappa shape index (κ2) is 11.7. The number of benzene rings is 2. The predicted octanol–water partition coefficient (Wildman–Crippen LogP) is 5.54. The molecule has 3 rings (SSSR count). The molecule has 0 spiro atoms. The first kappa shape index (κ1) is 24.6. The van der Waals surface area contributed by atoms with Crippen molar-refractivity contribution in [3.63, 3.8) is 0 Å². The summed E-state index contributed by atoms with van der Waals surface area (Å²) in [6.07, 6.45) is 1.45. The summed E-state index contributed by atoms with van der Waals surface area (Å²) in [5.74, 6) is -0.126. The molecule has 0 unspecified atom stereocenters. The highest BCUT2D eigenvalue weighted by atomic mass is 32.1. The van der Waals surface area contributed by atoms with Gasteiger partial charge in [0.05, 0.1) is 20.3 Å². The van der Waals surface area contributed by atoms with Crippen molar-refractivity contribution in [1.29, 1.82) is 5.26 Å². The SMILES string of the molecule is CCOC(=O)c1c(-c2ccccc2)csc1NC(=O)/C(C#N)=C\c1ccc(OCC)c(OC)c1. The van der Waals surface area contributed by atoms with Crippen LogP contribution in [0.3, 0.4) is 0 Å². The van der Waals surface area contributed by atoms with Crippen LogP contribution in [-0.4, -0.2) is 32.2 Å². The van der Waals surface area contributed by atoms with Gasteiger partial charge in [0.2, 0.25) is 0 Å². The van der Waals surface area contributed by atoms with Crippen molar-refractivity contribution in [2.24, 2.45) is 0 Å². The molecular weight excluding hydrogens is 452 g/mol. The number of amides is 1. The van der Waals surface area contributed by atoms with Gasteiger partial charge >= 0.3 is 5.97 Å². The summed E-state index contributed by atoms with van der Waals surface area (Å²) in [6.45, 7) is 4.25. The number of carbonyl (C=O) groups excluding carboxylic acids is 2. The molecule has 7 nitrogen and oxygen atoms in total. The Balaban J connectivity index is 1.93. The molecule has 3 aromatic rings. The van der Waals surface area contributed by atoms with Gasteiger partial charge in [-0.2, -0.15) is 5.26 Å². The number of hydrogen-bond acceptors (Lipinski definition) is 7. The monoisotopic (exact) mass is 476 g/mol. The molecule has 8 heteroatoms. The Hall–Kier alpha value is -4.09. The molecule has 0 aliphatic carbocycles.